The van der Waals surface area contributed by atoms with Crippen LogP contribution in [0, 0.1) is 5.41 Å². The Morgan fingerprint density at radius 3 is 2.49 bits per heavy atom. The van der Waals surface area contributed by atoms with Gasteiger partial charge in [0.1, 0.15) is 12.1 Å². The standard InChI is InChI=1S/C28H27F3N8O2/c1-36-24(19(11-33-36)25-32-15-34-37(25)2)17-9-22(35-23(40)10-17)39-13-20-18(26(39)41)7-16(8-21(20)28(29,30)31)12-38-6-5-27(14-38)3-4-27/h7-11,15H,3-6,12-14H2,1-2H3,(H,35,40). The van der Waals surface area contributed by atoms with E-state index < -0.39 is 23.2 Å². The van der Waals surface area contributed by atoms with Crippen molar-refractivity contribution in [1.82, 2.24) is 34.4 Å². The molecule has 0 radical (unpaired) electrons. The lowest BCUT2D eigenvalue weighted by molar-refractivity contribution is -0.138. The molecule has 7 rings (SSSR count). The number of H-pyrrole nitrogens is 1. The number of pyridine rings is 1. The summed E-state index contributed by atoms with van der Waals surface area (Å²) in [6, 6.07) is 5.70. The Kier molecular flexibility index (Phi) is 5.56. The first-order valence-electron chi connectivity index (χ1n) is 13.4. The number of nitrogens with one attached hydrogen (secondary N) is 1. The molecular formula is C28H27F3N8O2. The van der Waals surface area contributed by atoms with Crippen LogP contribution in [0.4, 0.5) is 19.0 Å². The van der Waals surface area contributed by atoms with Crippen molar-refractivity contribution in [3.63, 3.8) is 0 Å². The molecule has 2 aliphatic heterocycles. The number of aromatic nitrogens is 6. The smallest absolute Gasteiger partial charge is 0.308 e. The van der Waals surface area contributed by atoms with Gasteiger partial charge in [0, 0.05) is 44.4 Å². The predicted octanol–water partition coefficient (Wildman–Crippen LogP) is 3.74. The first-order valence-corrected chi connectivity index (χ1v) is 13.4. The molecule has 1 spiro atoms. The highest BCUT2D eigenvalue weighted by molar-refractivity contribution is 6.10. The van der Waals surface area contributed by atoms with Crippen LogP contribution in [0.5, 0.6) is 0 Å². The van der Waals surface area contributed by atoms with E-state index in [2.05, 4.69) is 25.1 Å². The van der Waals surface area contributed by atoms with E-state index in [9.17, 15) is 22.8 Å². The van der Waals surface area contributed by atoms with Gasteiger partial charge >= 0.3 is 6.18 Å². The Hall–Kier alpha value is -4.26. The van der Waals surface area contributed by atoms with Crippen molar-refractivity contribution in [3.05, 3.63) is 69.4 Å². The maximum absolute atomic E-state index is 14.3. The number of fused-ring (bicyclic) bond motifs is 1. The Morgan fingerprint density at radius 2 is 1.80 bits per heavy atom. The fraction of sp³-hybridized carbons (Fsp3) is 0.393. The second-order valence-corrected chi connectivity index (χ2v) is 11.4. The molecule has 0 unspecified atom stereocenters. The summed E-state index contributed by atoms with van der Waals surface area (Å²) in [5.74, 6) is 0.0371. The molecule has 3 aliphatic rings. The molecule has 212 valence electrons. The van der Waals surface area contributed by atoms with Crippen LogP contribution < -0.4 is 10.5 Å². The molecule has 1 amide bonds. The van der Waals surface area contributed by atoms with Crippen LogP contribution in [0.3, 0.4) is 0 Å². The van der Waals surface area contributed by atoms with E-state index in [-0.39, 0.29) is 23.5 Å². The van der Waals surface area contributed by atoms with Gasteiger partial charge in [0.2, 0.25) is 5.56 Å². The number of likely N-dealkylation sites (tertiary alicyclic amines) is 1. The molecule has 0 atom stereocenters. The van der Waals surface area contributed by atoms with Gasteiger partial charge in [-0.2, -0.15) is 23.4 Å². The second kappa shape index (κ2) is 8.87. The summed E-state index contributed by atoms with van der Waals surface area (Å²) in [5, 5.41) is 8.41. The first kappa shape index (κ1) is 25.7. The maximum Gasteiger partial charge on any atom is 0.416 e. The summed E-state index contributed by atoms with van der Waals surface area (Å²) in [7, 11) is 3.43. The SMILES string of the molecule is Cn1ncnc1-c1cnn(C)c1-c1cc(N2Cc3c(cc(CN4CCC5(CC5)C4)cc3C(F)(F)F)C2=O)[nH]c(=O)c1. The van der Waals surface area contributed by atoms with Crippen molar-refractivity contribution in [3.8, 4) is 22.6 Å². The number of aryl methyl sites for hydroxylation is 2. The van der Waals surface area contributed by atoms with Gasteiger partial charge in [-0.3, -0.25) is 24.1 Å². The normalized spacial score (nSPS) is 18.1. The van der Waals surface area contributed by atoms with E-state index in [1.54, 1.807) is 41.8 Å². The monoisotopic (exact) mass is 564 g/mol. The molecule has 1 saturated heterocycles. The number of hydrogen-bond donors (Lipinski definition) is 1. The number of alkyl halides is 3. The van der Waals surface area contributed by atoms with Crippen molar-refractivity contribution < 1.29 is 18.0 Å². The molecule has 1 saturated carbocycles. The number of amides is 1. The van der Waals surface area contributed by atoms with Gasteiger partial charge in [0.05, 0.1) is 29.6 Å². The van der Waals surface area contributed by atoms with Gasteiger partial charge in [-0.05, 0) is 60.5 Å². The van der Waals surface area contributed by atoms with E-state index in [0.29, 0.717) is 40.2 Å². The average molecular weight is 565 g/mol. The fourth-order valence-corrected chi connectivity index (χ4v) is 6.31. The third-order valence-corrected chi connectivity index (χ3v) is 8.57. The Morgan fingerprint density at radius 1 is 1.00 bits per heavy atom. The Bertz CT molecular complexity index is 1760. The molecular weight excluding hydrogens is 537 g/mol. The summed E-state index contributed by atoms with van der Waals surface area (Å²) in [6.45, 7) is 1.78. The summed E-state index contributed by atoms with van der Waals surface area (Å²) >= 11 is 0. The molecule has 13 heteroatoms. The fourth-order valence-electron chi connectivity index (χ4n) is 6.31. The number of carbonyl (C=O) groups excluding carboxylic acids is 1. The lowest BCUT2D eigenvalue weighted by atomic mass is 9.98. The highest BCUT2D eigenvalue weighted by atomic mass is 19.4. The number of carbonyl (C=O) groups is 1. The van der Waals surface area contributed by atoms with Gasteiger partial charge in [0.15, 0.2) is 5.82 Å². The summed E-state index contributed by atoms with van der Waals surface area (Å²) in [4.78, 5) is 36.7. The third kappa shape index (κ3) is 4.35. The number of nitrogens with zero attached hydrogens (tertiary/aromatic N) is 7. The minimum Gasteiger partial charge on any atom is -0.308 e. The minimum absolute atomic E-state index is 0.0155. The van der Waals surface area contributed by atoms with Crippen LogP contribution in [0.15, 0.2) is 41.6 Å². The molecule has 3 aromatic heterocycles. The zero-order valence-corrected chi connectivity index (χ0v) is 22.5. The van der Waals surface area contributed by atoms with Gasteiger partial charge in [-0.25, -0.2) is 9.67 Å². The number of anilines is 1. The summed E-state index contributed by atoms with van der Waals surface area (Å²) in [5.41, 5.74) is 1.02. The molecule has 1 aliphatic carbocycles. The van der Waals surface area contributed by atoms with Crippen LogP contribution >= 0.6 is 0 Å². The molecule has 1 aromatic carbocycles. The quantitative estimate of drug-likeness (QED) is 0.396. The van der Waals surface area contributed by atoms with Gasteiger partial charge in [-0.15, -0.1) is 0 Å². The number of aromatic amines is 1. The summed E-state index contributed by atoms with van der Waals surface area (Å²) in [6.07, 6.45) is 1.77. The Labute approximate surface area is 232 Å². The van der Waals surface area contributed by atoms with Crippen LogP contribution in [0.1, 0.15) is 46.3 Å². The zero-order chi connectivity index (χ0) is 28.7. The average Bonchev–Trinajstić information content (AvgIpc) is 3.22. The number of benzene rings is 1. The van der Waals surface area contributed by atoms with Crippen LogP contribution in [0.25, 0.3) is 22.6 Å². The van der Waals surface area contributed by atoms with Gasteiger partial charge < -0.3 is 4.98 Å². The van der Waals surface area contributed by atoms with Gasteiger partial charge in [0.25, 0.3) is 5.91 Å². The highest BCUT2D eigenvalue weighted by Crippen LogP contribution is 2.53. The van der Waals surface area contributed by atoms with Crippen LogP contribution in [-0.2, 0) is 33.4 Å². The maximum atomic E-state index is 14.3. The van der Waals surface area contributed by atoms with Crippen molar-refractivity contribution in [1.29, 1.82) is 0 Å². The third-order valence-electron chi connectivity index (χ3n) is 8.57. The van der Waals surface area contributed by atoms with Gasteiger partial charge in [-0.1, -0.05) is 0 Å². The highest BCUT2D eigenvalue weighted by Gasteiger charge is 2.47. The number of hydrogen-bond acceptors (Lipinski definition) is 6. The minimum atomic E-state index is -4.63. The first-order chi connectivity index (χ1) is 19.5. The number of rotatable bonds is 5. The van der Waals surface area contributed by atoms with Crippen LogP contribution in [0.2, 0.25) is 0 Å². The molecule has 41 heavy (non-hydrogen) atoms. The Balaban J connectivity index is 1.26. The van der Waals surface area contributed by atoms with E-state index in [0.717, 1.165) is 19.5 Å². The lowest BCUT2D eigenvalue weighted by Gasteiger charge is -2.18. The van der Waals surface area contributed by atoms with E-state index in [4.69, 9.17) is 0 Å². The molecule has 1 N–H and O–H groups in total. The second-order valence-electron chi connectivity index (χ2n) is 11.4. The van der Waals surface area contributed by atoms with Crippen molar-refractivity contribution >= 4 is 11.7 Å². The van der Waals surface area contributed by atoms with E-state index in [1.807, 2.05) is 0 Å². The molecule has 0 bridgehead atoms. The molecule has 4 aromatic rings. The van der Waals surface area contributed by atoms with E-state index >= 15 is 0 Å². The van der Waals surface area contributed by atoms with Crippen molar-refractivity contribution in [2.24, 2.45) is 19.5 Å². The lowest BCUT2D eigenvalue weighted by Crippen LogP contribution is -2.26. The zero-order valence-electron chi connectivity index (χ0n) is 22.5. The predicted molar refractivity (Wildman–Crippen MR) is 143 cm³/mol. The van der Waals surface area contributed by atoms with Crippen molar-refractivity contribution in [2.75, 3.05) is 18.0 Å². The number of halogens is 3. The van der Waals surface area contributed by atoms with Crippen LogP contribution in [-0.4, -0.2) is 53.4 Å². The molecule has 2 fully saturated rings. The summed E-state index contributed by atoms with van der Waals surface area (Å²) < 4.78 is 46.0. The largest absolute Gasteiger partial charge is 0.416 e. The molecule has 5 heterocycles. The molecule has 10 nitrogen and oxygen atoms in total. The van der Waals surface area contributed by atoms with Crippen molar-refractivity contribution in [2.45, 2.75) is 38.5 Å². The topological polar surface area (TPSA) is 105 Å². The van der Waals surface area contributed by atoms with E-state index in [1.165, 1.54) is 36.2 Å².